The van der Waals surface area contributed by atoms with Crippen molar-refractivity contribution in [2.45, 2.75) is 0 Å². The number of halogens is 2. The van der Waals surface area contributed by atoms with Crippen molar-refractivity contribution in [1.82, 2.24) is 4.98 Å². The van der Waals surface area contributed by atoms with Crippen LogP contribution in [-0.2, 0) is 0 Å². The number of hydrogen-bond donors (Lipinski definition) is 0. The van der Waals surface area contributed by atoms with Crippen LogP contribution in [0.2, 0.25) is 0 Å². The van der Waals surface area contributed by atoms with Gasteiger partial charge in [-0.1, -0.05) is 0 Å². The van der Waals surface area contributed by atoms with Gasteiger partial charge in [-0.05, 0) is 31.9 Å². The van der Waals surface area contributed by atoms with Crippen LogP contribution in [0.15, 0.2) is 15.3 Å². The van der Waals surface area contributed by atoms with Crippen molar-refractivity contribution in [1.29, 1.82) is 0 Å². The van der Waals surface area contributed by atoms with Crippen LogP contribution in [-0.4, -0.2) is 25.2 Å². The number of ether oxygens (including phenoxy) is 1. The van der Waals surface area contributed by atoms with Crippen LogP contribution in [0.4, 0.5) is 5.69 Å². The van der Waals surface area contributed by atoms with E-state index in [4.69, 9.17) is 4.74 Å². The summed E-state index contributed by atoms with van der Waals surface area (Å²) in [5.74, 6) is 0.877. The predicted octanol–water partition coefficient (Wildman–Crippen LogP) is 2.44. The molecule has 0 spiro atoms. The van der Waals surface area contributed by atoms with Gasteiger partial charge in [-0.3, -0.25) is 0 Å². The number of aromatic nitrogens is 1. The number of rotatable bonds is 0. The molecule has 0 saturated heterocycles. The van der Waals surface area contributed by atoms with Crippen molar-refractivity contribution in [3.05, 3.63) is 15.3 Å². The Kier molecular flexibility index (Phi) is 2.47. The van der Waals surface area contributed by atoms with Crippen LogP contribution >= 0.6 is 31.9 Å². The van der Waals surface area contributed by atoms with E-state index >= 15 is 0 Å². The van der Waals surface area contributed by atoms with Crippen molar-refractivity contribution in [2.24, 2.45) is 0 Å². The van der Waals surface area contributed by atoms with Gasteiger partial charge >= 0.3 is 0 Å². The molecule has 0 aliphatic carbocycles. The Morgan fingerprint density at radius 1 is 1.54 bits per heavy atom. The second-order valence-electron chi connectivity index (χ2n) is 2.85. The maximum Gasteiger partial charge on any atom is 0.148 e. The molecule has 0 fully saturated rings. The summed E-state index contributed by atoms with van der Waals surface area (Å²) in [6, 6.07) is 1.88. The quantitative estimate of drug-likeness (QED) is 0.688. The number of anilines is 1. The van der Waals surface area contributed by atoms with E-state index in [1.807, 2.05) is 13.1 Å². The highest BCUT2D eigenvalue weighted by atomic mass is 79.9. The molecule has 0 aromatic carbocycles. The predicted molar refractivity (Wildman–Crippen MR) is 58.4 cm³/mol. The molecule has 0 unspecified atom stereocenters. The van der Waals surface area contributed by atoms with Crippen LogP contribution in [0, 0.1) is 0 Å². The van der Waals surface area contributed by atoms with Crippen LogP contribution in [0.25, 0.3) is 0 Å². The van der Waals surface area contributed by atoms with Crippen molar-refractivity contribution in [2.75, 3.05) is 25.1 Å². The van der Waals surface area contributed by atoms with Gasteiger partial charge in [0.2, 0.25) is 0 Å². The minimum atomic E-state index is 0.729. The van der Waals surface area contributed by atoms with E-state index in [1.165, 1.54) is 0 Å². The fourth-order valence-corrected chi connectivity index (χ4v) is 2.63. The smallest absolute Gasteiger partial charge is 0.148 e. The molecule has 1 aliphatic heterocycles. The van der Waals surface area contributed by atoms with Gasteiger partial charge in [0.25, 0.3) is 0 Å². The zero-order valence-corrected chi connectivity index (χ0v) is 10.2. The second kappa shape index (κ2) is 3.46. The van der Waals surface area contributed by atoms with Gasteiger partial charge < -0.3 is 9.64 Å². The Hall–Kier alpha value is -0.290. The number of likely N-dealkylation sites (N-methyl/N-ethyl adjacent to an activating group) is 1. The molecular weight excluding hydrogens is 300 g/mol. The minimum Gasteiger partial charge on any atom is -0.489 e. The summed E-state index contributed by atoms with van der Waals surface area (Å²) in [5, 5.41) is 0. The van der Waals surface area contributed by atoms with Gasteiger partial charge in [-0.25, -0.2) is 4.98 Å². The molecule has 1 aromatic rings. The highest BCUT2D eigenvalue weighted by molar-refractivity contribution is 9.11. The molecule has 2 heterocycles. The first kappa shape index (κ1) is 9.27. The van der Waals surface area contributed by atoms with E-state index in [-0.39, 0.29) is 0 Å². The maximum absolute atomic E-state index is 5.51. The van der Waals surface area contributed by atoms with Crippen molar-refractivity contribution >= 4 is 37.5 Å². The summed E-state index contributed by atoms with van der Waals surface area (Å²) >= 11 is 6.73. The van der Waals surface area contributed by atoms with Gasteiger partial charge in [0.05, 0.1) is 6.54 Å². The van der Waals surface area contributed by atoms with E-state index in [2.05, 4.69) is 41.7 Å². The largest absolute Gasteiger partial charge is 0.489 e. The van der Waals surface area contributed by atoms with Crippen LogP contribution in [0.5, 0.6) is 5.75 Å². The molecule has 70 valence electrons. The fraction of sp³-hybridized carbons (Fsp3) is 0.375. The molecule has 1 aromatic heterocycles. The molecule has 0 saturated carbocycles. The second-order valence-corrected chi connectivity index (χ2v) is 4.42. The molecule has 2 rings (SSSR count). The topological polar surface area (TPSA) is 25.4 Å². The number of fused-ring (bicyclic) bond motifs is 1. The van der Waals surface area contributed by atoms with Crippen molar-refractivity contribution < 1.29 is 4.74 Å². The van der Waals surface area contributed by atoms with Crippen LogP contribution in [0.1, 0.15) is 0 Å². The summed E-state index contributed by atoms with van der Waals surface area (Å²) in [6.07, 6.45) is 0. The third kappa shape index (κ3) is 1.67. The average molecular weight is 308 g/mol. The van der Waals surface area contributed by atoms with Gasteiger partial charge in [0, 0.05) is 13.1 Å². The maximum atomic E-state index is 5.51. The van der Waals surface area contributed by atoms with Crippen LogP contribution in [0.3, 0.4) is 0 Å². The molecule has 13 heavy (non-hydrogen) atoms. The highest BCUT2D eigenvalue weighted by Crippen LogP contribution is 2.37. The SMILES string of the molecule is CN1CCOc2cc(Br)nc(Br)c21. The van der Waals surface area contributed by atoms with Gasteiger partial charge in [0.15, 0.2) is 0 Å². The molecular formula is C8H8Br2N2O. The highest BCUT2D eigenvalue weighted by Gasteiger charge is 2.19. The lowest BCUT2D eigenvalue weighted by Crippen LogP contribution is -2.29. The van der Waals surface area contributed by atoms with Crippen molar-refractivity contribution in [3.63, 3.8) is 0 Å². The molecule has 0 bridgehead atoms. The summed E-state index contributed by atoms with van der Waals surface area (Å²) < 4.78 is 7.12. The Morgan fingerprint density at radius 2 is 2.31 bits per heavy atom. The number of pyridine rings is 1. The molecule has 0 atom stereocenters. The molecule has 0 N–H and O–H groups in total. The Balaban J connectivity index is 2.56. The summed E-state index contributed by atoms with van der Waals surface area (Å²) in [5.41, 5.74) is 1.02. The van der Waals surface area contributed by atoms with Crippen LogP contribution < -0.4 is 9.64 Å². The first-order valence-electron chi connectivity index (χ1n) is 3.88. The number of hydrogen-bond acceptors (Lipinski definition) is 3. The fourth-order valence-electron chi connectivity index (χ4n) is 1.32. The first-order valence-corrected chi connectivity index (χ1v) is 5.47. The molecule has 1 aliphatic rings. The monoisotopic (exact) mass is 306 g/mol. The van der Waals surface area contributed by atoms with E-state index < -0.39 is 0 Å². The first-order chi connectivity index (χ1) is 6.18. The average Bonchev–Trinajstić information content (AvgIpc) is 2.02. The van der Waals surface area contributed by atoms with E-state index in [0.717, 1.165) is 33.8 Å². The van der Waals surface area contributed by atoms with E-state index in [9.17, 15) is 0 Å². The minimum absolute atomic E-state index is 0.729. The van der Waals surface area contributed by atoms with E-state index in [0.29, 0.717) is 0 Å². The van der Waals surface area contributed by atoms with Gasteiger partial charge in [-0.15, -0.1) is 0 Å². The molecule has 3 nitrogen and oxygen atoms in total. The lowest BCUT2D eigenvalue weighted by molar-refractivity contribution is 0.310. The molecule has 0 amide bonds. The van der Waals surface area contributed by atoms with E-state index in [1.54, 1.807) is 0 Å². The Bertz CT molecular complexity index is 343. The summed E-state index contributed by atoms with van der Waals surface area (Å²) in [4.78, 5) is 6.38. The Labute approximate surface area is 93.3 Å². The molecule has 5 heteroatoms. The summed E-state index contributed by atoms with van der Waals surface area (Å²) in [6.45, 7) is 1.63. The lowest BCUT2D eigenvalue weighted by atomic mass is 10.3. The zero-order valence-electron chi connectivity index (χ0n) is 7.05. The zero-order chi connectivity index (χ0) is 9.42. The standard InChI is InChI=1S/C8H8Br2N2O/c1-12-2-3-13-5-4-6(9)11-8(10)7(5)12/h4H,2-3H2,1H3. The third-order valence-electron chi connectivity index (χ3n) is 1.95. The van der Waals surface area contributed by atoms with Gasteiger partial charge in [-0.2, -0.15) is 0 Å². The Morgan fingerprint density at radius 3 is 3.08 bits per heavy atom. The summed E-state index contributed by atoms with van der Waals surface area (Å²) in [7, 11) is 2.03. The number of nitrogens with zero attached hydrogens (tertiary/aromatic N) is 2. The lowest BCUT2D eigenvalue weighted by Gasteiger charge is -2.28. The molecule has 0 radical (unpaired) electrons. The normalized spacial score (nSPS) is 15.2. The van der Waals surface area contributed by atoms with Gasteiger partial charge in [0.1, 0.15) is 27.3 Å². The third-order valence-corrected chi connectivity index (χ3v) is 2.91. The van der Waals surface area contributed by atoms with Crippen molar-refractivity contribution in [3.8, 4) is 5.75 Å².